The summed E-state index contributed by atoms with van der Waals surface area (Å²) < 4.78 is 4.95. The quantitative estimate of drug-likeness (QED) is 0.808. The number of carbonyl (C=O) groups is 2. The van der Waals surface area contributed by atoms with E-state index >= 15 is 0 Å². The number of fused-ring (bicyclic) bond motifs is 1. The number of hydrogen-bond acceptors (Lipinski definition) is 4. The van der Waals surface area contributed by atoms with Crippen molar-refractivity contribution in [2.24, 2.45) is 0 Å². The largest absolute Gasteiger partial charge is 0.462 e. The number of benzene rings is 1. The van der Waals surface area contributed by atoms with Gasteiger partial charge in [-0.2, -0.15) is 0 Å². The summed E-state index contributed by atoms with van der Waals surface area (Å²) in [5, 5.41) is 2.60. The van der Waals surface area contributed by atoms with Crippen LogP contribution in [0.1, 0.15) is 24.2 Å². The van der Waals surface area contributed by atoms with E-state index in [4.69, 9.17) is 4.74 Å². The Morgan fingerprint density at radius 2 is 2.22 bits per heavy atom. The summed E-state index contributed by atoms with van der Waals surface area (Å²) in [4.78, 5) is 29.9. The molecule has 94 valence electrons. The molecule has 0 unspecified atom stereocenters. The van der Waals surface area contributed by atoms with E-state index in [1.165, 1.54) is 13.3 Å². The molecule has 2 rings (SSSR count). The Kier molecular flexibility index (Phi) is 3.27. The van der Waals surface area contributed by atoms with E-state index < -0.39 is 5.97 Å². The minimum atomic E-state index is -0.474. The van der Waals surface area contributed by atoms with Crippen LogP contribution in [0.25, 0.3) is 11.0 Å². The summed E-state index contributed by atoms with van der Waals surface area (Å²) in [5.74, 6) is -0.729. The standard InChI is InChI=1S/C12H13N3O3/c1-3-18-12(17)8-4-10-11(14-6-13-10)5-9(8)15-7(2)16/h4-6H,3H2,1-2H3,(H,13,14)(H,15,16). The van der Waals surface area contributed by atoms with Gasteiger partial charge < -0.3 is 15.0 Å². The van der Waals surface area contributed by atoms with Crippen LogP contribution in [0.5, 0.6) is 0 Å². The second-order valence-corrected chi connectivity index (χ2v) is 3.72. The van der Waals surface area contributed by atoms with Gasteiger partial charge in [0.15, 0.2) is 0 Å². The van der Waals surface area contributed by atoms with Gasteiger partial charge in [-0.15, -0.1) is 0 Å². The molecule has 0 bridgehead atoms. The molecule has 0 aliphatic heterocycles. The van der Waals surface area contributed by atoms with Gasteiger partial charge in [0.1, 0.15) is 0 Å². The molecule has 18 heavy (non-hydrogen) atoms. The second-order valence-electron chi connectivity index (χ2n) is 3.72. The van der Waals surface area contributed by atoms with Crippen LogP contribution in [0.3, 0.4) is 0 Å². The number of aromatic amines is 1. The lowest BCUT2D eigenvalue weighted by atomic mass is 10.1. The molecule has 0 saturated heterocycles. The summed E-state index contributed by atoms with van der Waals surface area (Å²) in [5.41, 5.74) is 2.10. The van der Waals surface area contributed by atoms with Crippen molar-refractivity contribution in [1.82, 2.24) is 9.97 Å². The van der Waals surface area contributed by atoms with Crippen molar-refractivity contribution < 1.29 is 14.3 Å². The highest BCUT2D eigenvalue weighted by atomic mass is 16.5. The smallest absolute Gasteiger partial charge is 0.340 e. The zero-order chi connectivity index (χ0) is 13.1. The summed E-state index contributed by atoms with van der Waals surface area (Å²) >= 11 is 0. The number of anilines is 1. The average Bonchev–Trinajstić information content (AvgIpc) is 2.74. The first kappa shape index (κ1) is 12.1. The molecular weight excluding hydrogens is 234 g/mol. The van der Waals surface area contributed by atoms with Gasteiger partial charge in [-0.05, 0) is 19.1 Å². The monoisotopic (exact) mass is 247 g/mol. The van der Waals surface area contributed by atoms with Crippen LogP contribution >= 0.6 is 0 Å². The Morgan fingerprint density at radius 1 is 1.44 bits per heavy atom. The third kappa shape index (κ3) is 2.32. The van der Waals surface area contributed by atoms with Gasteiger partial charge in [-0.25, -0.2) is 9.78 Å². The van der Waals surface area contributed by atoms with E-state index in [0.717, 1.165) is 0 Å². The molecule has 0 fully saturated rings. The van der Waals surface area contributed by atoms with Gasteiger partial charge in [0, 0.05) is 6.92 Å². The zero-order valence-electron chi connectivity index (χ0n) is 10.1. The van der Waals surface area contributed by atoms with E-state index in [9.17, 15) is 9.59 Å². The number of carbonyl (C=O) groups excluding carboxylic acids is 2. The maximum atomic E-state index is 11.8. The lowest BCUT2D eigenvalue weighted by Gasteiger charge is -2.09. The lowest BCUT2D eigenvalue weighted by Crippen LogP contribution is -2.13. The van der Waals surface area contributed by atoms with Gasteiger partial charge in [0.2, 0.25) is 5.91 Å². The number of imidazole rings is 1. The molecule has 6 nitrogen and oxygen atoms in total. The Bertz CT molecular complexity index is 604. The minimum Gasteiger partial charge on any atom is -0.462 e. The average molecular weight is 247 g/mol. The molecule has 0 aliphatic carbocycles. The fourth-order valence-electron chi connectivity index (χ4n) is 1.65. The molecular formula is C12H13N3O3. The highest BCUT2D eigenvalue weighted by Gasteiger charge is 2.15. The third-order valence-electron chi connectivity index (χ3n) is 2.37. The molecule has 0 saturated carbocycles. The van der Waals surface area contributed by atoms with Crippen molar-refractivity contribution >= 4 is 28.6 Å². The van der Waals surface area contributed by atoms with Crippen LogP contribution in [0.15, 0.2) is 18.5 Å². The fraction of sp³-hybridized carbons (Fsp3) is 0.250. The van der Waals surface area contributed by atoms with Gasteiger partial charge in [0.25, 0.3) is 0 Å². The lowest BCUT2D eigenvalue weighted by molar-refractivity contribution is -0.114. The van der Waals surface area contributed by atoms with Crippen molar-refractivity contribution in [3.8, 4) is 0 Å². The molecule has 6 heteroatoms. The minimum absolute atomic E-state index is 0.254. The first-order valence-corrected chi connectivity index (χ1v) is 5.53. The second kappa shape index (κ2) is 4.87. The normalized spacial score (nSPS) is 10.3. The fourth-order valence-corrected chi connectivity index (χ4v) is 1.65. The van der Waals surface area contributed by atoms with Crippen molar-refractivity contribution in [2.75, 3.05) is 11.9 Å². The predicted octanol–water partition coefficient (Wildman–Crippen LogP) is 1.70. The molecule has 2 aromatic rings. The van der Waals surface area contributed by atoms with Crippen LogP contribution in [-0.2, 0) is 9.53 Å². The van der Waals surface area contributed by atoms with E-state index in [2.05, 4.69) is 15.3 Å². The number of aromatic nitrogens is 2. The van der Waals surface area contributed by atoms with Crippen LogP contribution < -0.4 is 5.32 Å². The first-order chi connectivity index (χ1) is 8.61. The van der Waals surface area contributed by atoms with Crippen LogP contribution in [0.2, 0.25) is 0 Å². The highest BCUT2D eigenvalue weighted by molar-refractivity contribution is 6.04. The number of hydrogen-bond donors (Lipinski definition) is 2. The molecule has 1 heterocycles. The molecule has 1 aromatic heterocycles. The molecule has 1 aromatic carbocycles. The number of esters is 1. The van der Waals surface area contributed by atoms with E-state index in [1.807, 2.05) is 0 Å². The number of amides is 1. The van der Waals surface area contributed by atoms with Crippen LogP contribution in [-0.4, -0.2) is 28.5 Å². The van der Waals surface area contributed by atoms with Gasteiger partial charge in [-0.1, -0.05) is 0 Å². The van der Waals surface area contributed by atoms with Crippen LogP contribution in [0.4, 0.5) is 5.69 Å². The summed E-state index contributed by atoms with van der Waals surface area (Å²) in [6.07, 6.45) is 1.52. The summed E-state index contributed by atoms with van der Waals surface area (Å²) in [6.45, 7) is 3.38. The van der Waals surface area contributed by atoms with Crippen LogP contribution in [0, 0.1) is 0 Å². The zero-order valence-corrected chi connectivity index (χ0v) is 10.1. The van der Waals surface area contributed by atoms with Gasteiger partial charge >= 0.3 is 5.97 Å². The Balaban J connectivity index is 2.51. The Labute approximate surface area is 103 Å². The highest BCUT2D eigenvalue weighted by Crippen LogP contribution is 2.22. The van der Waals surface area contributed by atoms with Gasteiger partial charge in [-0.3, -0.25) is 4.79 Å². The number of nitrogens with zero attached hydrogens (tertiary/aromatic N) is 1. The third-order valence-corrected chi connectivity index (χ3v) is 2.37. The SMILES string of the molecule is CCOC(=O)c1cc2[nH]cnc2cc1NC(C)=O. The Morgan fingerprint density at radius 3 is 2.89 bits per heavy atom. The molecule has 0 radical (unpaired) electrons. The van der Waals surface area contributed by atoms with Crippen molar-refractivity contribution in [3.05, 3.63) is 24.0 Å². The molecule has 0 spiro atoms. The maximum Gasteiger partial charge on any atom is 0.340 e. The van der Waals surface area contributed by atoms with Crippen molar-refractivity contribution in [2.45, 2.75) is 13.8 Å². The number of H-pyrrole nitrogens is 1. The van der Waals surface area contributed by atoms with Gasteiger partial charge in [0.05, 0.1) is 35.2 Å². The molecule has 2 N–H and O–H groups in total. The van der Waals surface area contributed by atoms with E-state index in [-0.39, 0.29) is 12.5 Å². The van der Waals surface area contributed by atoms with Crippen molar-refractivity contribution in [1.29, 1.82) is 0 Å². The topological polar surface area (TPSA) is 84.1 Å². The molecule has 0 aliphatic rings. The Hall–Kier alpha value is -2.37. The van der Waals surface area contributed by atoms with E-state index in [0.29, 0.717) is 22.3 Å². The number of nitrogens with one attached hydrogen (secondary N) is 2. The van der Waals surface area contributed by atoms with E-state index in [1.54, 1.807) is 19.1 Å². The molecule has 0 atom stereocenters. The summed E-state index contributed by atoms with van der Waals surface area (Å²) in [6, 6.07) is 3.26. The molecule has 1 amide bonds. The predicted molar refractivity (Wildman–Crippen MR) is 66.4 cm³/mol. The maximum absolute atomic E-state index is 11.8. The summed E-state index contributed by atoms with van der Waals surface area (Å²) in [7, 11) is 0. The number of rotatable bonds is 3. The number of ether oxygens (including phenoxy) is 1. The first-order valence-electron chi connectivity index (χ1n) is 5.53. The van der Waals surface area contributed by atoms with Crippen molar-refractivity contribution in [3.63, 3.8) is 0 Å².